The van der Waals surface area contributed by atoms with Gasteiger partial charge >= 0.3 is 0 Å². The van der Waals surface area contributed by atoms with E-state index in [1.165, 1.54) is 20.3 Å². The number of allylic oxidation sites excluding steroid dienone is 2. The summed E-state index contributed by atoms with van der Waals surface area (Å²) in [6.45, 7) is 5.22. The SMILES string of the molecule is COC1(OC)C(=O)C=CC=C1C1OCC(C)(C)CO1. The number of hydrogen-bond donors (Lipinski definition) is 0. The lowest BCUT2D eigenvalue weighted by Crippen LogP contribution is -2.51. The zero-order valence-corrected chi connectivity index (χ0v) is 11.8. The van der Waals surface area contributed by atoms with E-state index in [0.717, 1.165) is 0 Å². The van der Waals surface area contributed by atoms with Gasteiger partial charge in [-0.1, -0.05) is 26.0 Å². The van der Waals surface area contributed by atoms with Gasteiger partial charge in [-0.25, -0.2) is 0 Å². The maximum Gasteiger partial charge on any atom is 0.261 e. The highest BCUT2D eigenvalue weighted by atomic mass is 16.7. The van der Waals surface area contributed by atoms with Crippen LogP contribution in [0.2, 0.25) is 0 Å². The van der Waals surface area contributed by atoms with Gasteiger partial charge in [-0.05, 0) is 6.08 Å². The van der Waals surface area contributed by atoms with Crippen LogP contribution in [-0.4, -0.2) is 45.3 Å². The molecule has 0 amide bonds. The first-order valence-corrected chi connectivity index (χ1v) is 6.22. The van der Waals surface area contributed by atoms with Crippen LogP contribution in [-0.2, 0) is 23.7 Å². The van der Waals surface area contributed by atoms with E-state index < -0.39 is 12.1 Å². The Kier molecular flexibility index (Phi) is 3.92. The van der Waals surface area contributed by atoms with E-state index in [0.29, 0.717) is 18.8 Å². The Balaban J connectivity index is 2.25. The largest absolute Gasteiger partial charge is 0.348 e. The maximum atomic E-state index is 12.1. The van der Waals surface area contributed by atoms with Crippen LogP contribution in [0, 0.1) is 5.41 Å². The zero-order valence-electron chi connectivity index (χ0n) is 11.8. The molecule has 0 aromatic heterocycles. The van der Waals surface area contributed by atoms with Crippen LogP contribution in [0.4, 0.5) is 0 Å². The molecule has 0 aromatic carbocycles. The van der Waals surface area contributed by atoms with E-state index in [4.69, 9.17) is 18.9 Å². The van der Waals surface area contributed by atoms with Crippen molar-refractivity contribution in [2.45, 2.75) is 25.9 Å². The van der Waals surface area contributed by atoms with E-state index >= 15 is 0 Å². The summed E-state index contributed by atoms with van der Waals surface area (Å²) in [7, 11) is 2.86. The van der Waals surface area contributed by atoms with E-state index in [9.17, 15) is 4.79 Å². The Labute approximate surface area is 113 Å². The molecule has 1 aliphatic heterocycles. The van der Waals surface area contributed by atoms with Crippen LogP contribution in [0.3, 0.4) is 0 Å². The first-order chi connectivity index (χ1) is 8.95. The monoisotopic (exact) mass is 268 g/mol. The summed E-state index contributed by atoms with van der Waals surface area (Å²) in [4.78, 5) is 12.1. The molecule has 5 nitrogen and oxygen atoms in total. The van der Waals surface area contributed by atoms with Gasteiger partial charge < -0.3 is 18.9 Å². The van der Waals surface area contributed by atoms with Gasteiger partial charge in [0.25, 0.3) is 5.79 Å². The van der Waals surface area contributed by atoms with Gasteiger partial charge in [0.1, 0.15) is 0 Å². The molecule has 0 bridgehead atoms. The Morgan fingerprint density at radius 2 is 1.79 bits per heavy atom. The Hall–Kier alpha value is -1.01. The van der Waals surface area contributed by atoms with Gasteiger partial charge in [0, 0.05) is 19.6 Å². The molecule has 0 unspecified atom stereocenters. The van der Waals surface area contributed by atoms with Crippen molar-refractivity contribution in [3.8, 4) is 0 Å². The molecule has 1 saturated heterocycles. The molecule has 0 atom stereocenters. The number of methoxy groups -OCH3 is 2. The number of rotatable bonds is 3. The Morgan fingerprint density at radius 3 is 2.32 bits per heavy atom. The summed E-state index contributed by atoms with van der Waals surface area (Å²) < 4.78 is 22.0. The van der Waals surface area contributed by atoms with Gasteiger partial charge in [0.05, 0.1) is 18.8 Å². The number of carbonyl (C=O) groups is 1. The molecule has 1 aliphatic carbocycles. The normalized spacial score (nSPS) is 26.3. The molecule has 1 fully saturated rings. The van der Waals surface area contributed by atoms with Gasteiger partial charge in [0.2, 0.25) is 5.78 Å². The van der Waals surface area contributed by atoms with Crippen molar-refractivity contribution < 1.29 is 23.7 Å². The minimum atomic E-state index is -1.44. The molecule has 0 radical (unpaired) electrons. The molecule has 2 rings (SSSR count). The minimum Gasteiger partial charge on any atom is -0.348 e. The van der Waals surface area contributed by atoms with E-state index in [-0.39, 0.29) is 11.2 Å². The van der Waals surface area contributed by atoms with Crippen molar-refractivity contribution in [1.29, 1.82) is 0 Å². The highest BCUT2D eigenvalue weighted by Gasteiger charge is 2.48. The van der Waals surface area contributed by atoms with Crippen molar-refractivity contribution in [1.82, 2.24) is 0 Å². The molecule has 0 aromatic rings. The fourth-order valence-corrected chi connectivity index (χ4v) is 2.23. The van der Waals surface area contributed by atoms with Crippen LogP contribution in [0.1, 0.15) is 13.8 Å². The van der Waals surface area contributed by atoms with Crippen LogP contribution >= 0.6 is 0 Å². The van der Waals surface area contributed by atoms with Crippen molar-refractivity contribution in [2.24, 2.45) is 5.41 Å². The second kappa shape index (κ2) is 5.17. The predicted octanol–water partition coefficient (Wildman–Crippen LogP) is 1.44. The first-order valence-electron chi connectivity index (χ1n) is 6.22. The number of ketones is 1. The summed E-state index contributed by atoms with van der Waals surface area (Å²) in [6, 6.07) is 0. The van der Waals surface area contributed by atoms with Crippen LogP contribution < -0.4 is 0 Å². The second-order valence-corrected chi connectivity index (χ2v) is 5.49. The molecule has 19 heavy (non-hydrogen) atoms. The lowest BCUT2D eigenvalue weighted by atomic mass is 9.92. The van der Waals surface area contributed by atoms with Crippen molar-refractivity contribution >= 4 is 5.78 Å². The van der Waals surface area contributed by atoms with E-state index in [2.05, 4.69) is 13.8 Å². The fourth-order valence-electron chi connectivity index (χ4n) is 2.23. The van der Waals surface area contributed by atoms with Gasteiger partial charge in [-0.2, -0.15) is 0 Å². The van der Waals surface area contributed by atoms with Crippen LogP contribution in [0.25, 0.3) is 0 Å². The fraction of sp³-hybridized carbons (Fsp3) is 0.643. The van der Waals surface area contributed by atoms with Crippen LogP contribution in [0.15, 0.2) is 23.8 Å². The standard InChI is InChI=1S/C14H20O5/c1-13(2)8-18-12(19-9-13)10-6-5-7-11(15)14(10,16-3)17-4/h5-7,12H,8-9H2,1-4H3. The molecular weight excluding hydrogens is 248 g/mol. The third kappa shape index (κ3) is 2.51. The van der Waals surface area contributed by atoms with Crippen molar-refractivity contribution in [2.75, 3.05) is 27.4 Å². The topological polar surface area (TPSA) is 54.0 Å². The highest BCUT2D eigenvalue weighted by Crippen LogP contribution is 2.35. The van der Waals surface area contributed by atoms with Gasteiger partial charge in [-0.15, -0.1) is 0 Å². The molecular formula is C14H20O5. The quantitative estimate of drug-likeness (QED) is 0.725. The number of ether oxygens (including phenoxy) is 4. The summed E-state index contributed by atoms with van der Waals surface area (Å²) in [6.07, 6.45) is 4.20. The molecule has 0 N–H and O–H groups in total. The van der Waals surface area contributed by atoms with Gasteiger partial charge in [0.15, 0.2) is 6.29 Å². The predicted molar refractivity (Wildman–Crippen MR) is 68.5 cm³/mol. The third-order valence-electron chi connectivity index (χ3n) is 3.31. The highest BCUT2D eigenvalue weighted by molar-refractivity contribution is 6.00. The van der Waals surface area contributed by atoms with Crippen molar-refractivity contribution in [3.63, 3.8) is 0 Å². The zero-order chi connectivity index (χ0) is 14.1. The summed E-state index contributed by atoms with van der Waals surface area (Å²) in [5.74, 6) is -1.71. The second-order valence-electron chi connectivity index (χ2n) is 5.49. The Morgan fingerprint density at radius 1 is 1.21 bits per heavy atom. The summed E-state index contributed by atoms with van der Waals surface area (Å²) in [5.41, 5.74) is 0.509. The molecule has 2 aliphatic rings. The maximum absolute atomic E-state index is 12.1. The third-order valence-corrected chi connectivity index (χ3v) is 3.31. The lowest BCUT2D eigenvalue weighted by Gasteiger charge is -2.40. The molecule has 1 heterocycles. The molecule has 0 saturated carbocycles. The average molecular weight is 268 g/mol. The molecule has 106 valence electrons. The number of carbonyl (C=O) groups excluding carboxylic acids is 1. The Bertz CT molecular complexity index is 408. The number of hydrogen-bond acceptors (Lipinski definition) is 5. The van der Waals surface area contributed by atoms with Crippen molar-refractivity contribution in [3.05, 3.63) is 23.8 Å². The van der Waals surface area contributed by atoms with E-state index in [1.54, 1.807) is 12.2 Å². The van der Waals surface area contributed by atoms with Crippen LogP contribution in [0.5, 0.6) is 0 Å². The summed E-state index contributed by atoms with van der Waals surface area (Å²) >= 11 is 0. The molecule has 5 heteroatoms. The first kappa shape index (κ1) is 14.4. The molecule has 0 spiro atoms. The smallest absolute Gasteiger partial charge is 0.261 e. The minimum absolute atomic E-state index is 0.0334. The van der Waals surface area contributed by atoms with E-state index in [1.807, 2.05) is 0 Å². The summed E-state index contributed by atoms with van der Waals surface area (Å²) in [5, 5.41) is 0. The average Bonchev–Trinajstić information content (AvgIpc) is 2.39. The van der Waals surface area contributed by atoms with Gasteiger partial charge in [-0.3, -0.25) is 4.79 Å². The lowest BCUT2D eigenvalue weighted by molar-refractivity contribution is -0.238.